The van der Waals surface area contributed by atoms with E-state index in [2.05, 4.69) is 16.3 Å². The van der Waals surface area contributed by atoms with Crippen molar-refractivity contribution in [2.75, 3.05) is 38.4 Å². The first kappa shape index (κ1) is 18.4. The Bertz CT molecular complexity index is 1090. The maximum Gasteiger partial charge on any atom is 0.231 e. The summed E-state index contributed by atoms with van der Waals surface area (Å²) >= 11 is 1.84. The third-order valence-electron chi connectivity index (χ3n) is 5.98. The first-order valence-corrected chi connectivity index (χ1v) is 11.4. The predicted molar refractivity (Wildman–Crippen MR) is 115 cm³/mol. The van der Waals surface area contributed by atoms with E-state index in [0.29, 0.717) is 13.3 Å². The number of rotatable bonds is 5. The fourth-order valence-corrected chi connectivity index (χ4v) is 5.71. The minimum absolute atomic E-state index is 0.296. The van der Waals surface area contributed by atoms with E-state index in [1.165, 1.54) is 22.2 Å². The molecule has 0 saturated carbocycles. The van der Waals surface area contributed by atoms with Crippen LogP contribution in [-0.2, 0) is 30.7 Å². The van der Waals surface area contributed by atoms with Crippen molar-refractivity contribution in [3.8, 4) is 11.5 Å². The summed E-state index contributed by atoms with van der Waals surface area (Å²) in [5, 5.41) is 4.83. The number of benzene rings is 1. The Morgan fingerprint density at radius 1 is 1.07 bits per heavy atom. The molecule has 1 aromatic carbocycles. The summed E-state index contributed by atoms with van der Waals surface area (Å²) in [7, 11) is 0. The second-order valence-electron chi connectivity index (χ2n) is 7.96. The molecule has 0 amide bonds. The summed E-state index contributed by atoms with van der Waals surface area (Å²) in [5.41, 5.74) is 2.59. The number of thiophene rings is 1. The van der Waals surface area contributed by atoms with Crippen molar-refractivity contribution in [2.45, 2.75) is 32.4 Å². The molecule has 0 unspecified atom stereocenters. The van der Waals surface area contributed by atoms with Gasteiger partial charge in [0, 0.05) is 24.5 Å². The zero-order chi connectivity index (χ0) is 19.9. The van der Waals surface area contributed by atoms with Gasteiger partial charge in [-0.3, -0.25) is 4.90 Å². The van der Waals surface area contributed by atoms with Crippen LogP contribution in [0.1, 0.15) is 28.2 Å². The number of nitrogens with zero attached hydrogens (tertiary/aromatic N) is 3. The SMILES string of the molecule is c1cc2c(cc1CNc1nc(CN3CCOCC3)nc3sc4c(c13)CCC4)OCO2. The first-order valence-electron chi connectivity index (χ1n) is 10.6. The highest BCUT2D eigenvalue weighted by molar-refractivity contribution is 7.19. The molecule has 2 aromatic heterocycles. The van der Waals surface area contributed by atoms with Gasteiger partial charge in [-0.15, -0.1) is 11.3 Å². The van der Waals surface area contributed by atoms with Crippen LogP contribution >= 0.6 is 11.3 Å². The highest BCUT2D eigenvalue weighted by Crippen LogP contribution is 2.40. The zero-order valence-corrected chi connectivity index (χ0v) is 17.6. The Morgan fingerprint density at radius 3 is 2.90 bits per heavy atom. The summed E-state index contributed by atoms with van der Waals surface area (Å²) in [4.78, 5) is 14.9. The fraction of sp³-hybridized carbons (Fsp3) is 0.455. The Labute approximate surface area is 179 Å². The highest BCUT2D eigenvalue weighted by Gasteiger charge is 2.23. The van der Waals surface area contributed by atoms with E-state index >= 15 is 0 Å². The molecule has 7 nitrogen and oxygen atoms in total. The van der Waals surface area contributed by atoms with Crippen molar-refractivity contribution >= 4 is 27.4 Å². The molecule has 4 heterocycles. The lowest BCUT2D eigenvalue weighted by atomic mass is 10.1. The van der Waals surface area contributed by atoms with Crippen molar-refractivity contribution in [3.05, 3.63) is 40.0 Å². The summed E-state index contributed by atoms with van der Waals surface area (Å²) in [5.74, 6) is 3.47. The normalized spacial score (nSPS) is 18.1. The zero-order valence-electron chi connectivity index (χ0n) is 16.8. The van der Waals surface area contributed by atoms with Crippen LogP contribution in [0.3, 0.4) is 0 Å². The van der Waals surface area contributed by atoms with E-state index in [-0.39, 0.29) is 0 Å². The van der Waals surface area contributed by atoms with Gasteiger partial charge in [-0.1, -0.05) is 6.07 Å². The number of anilines is 1. The van der Waals surface area contributed by atoms with Gasteiger partial charge in [0.15, 0.2) is 11.5 Å². The first-order chi connectivity index (χ1) is 14.8. The maximum atomic E-state index is 5.52. The van der Waals surface area contributed by atoms with Gasteiger partial charge in [0.1, 0.15) is 16.5 Å². The number of hydrogen-bond donors (Lipinski definition) is 1. The molecular formula is C22H24N4O3S. The summed E-state index contributed by atoms with van der Waals surface area (Å²) < 4.78 is 16.4. The maximum absolute atomic E-state index is 5.52. The van der Waals surface area contributed by atoms with E-state index in [4.69, 9.17) is 24.2 Å². The number of hydrogen-bond acceptors (Lipinski definition) is 8. The molecule has 156 valence electrons. The van der Waals surface area contributed by atoms with Gasteiger partial charge in [0.2, 0.25) is 6.79 Å². The molecule has 0 spiro atoms. The summed E-state index contributed by atoms with van der Waals surface area (Å²) in [6, 6.07) is 6.09. The van der Waals surface area contributed by atoms with Gasteiger partial charge < -0.3 is 19.5 Å². The van der Waals surface area contributed by atoms with Gasteiger partial charge in [0.25, 0.3) is 0 Å². The molecular weight excluding hydrogens is 400 g/mol. The molecule has 3 aromatic rings. The van der Waals surface area contributed by atoms with Crippen molar-refractivity contribution < 1.29 is 14.2 Å². The van der Waals surface area contributed by atoms with E-state index in [0.717, 1.165) is 79.2 Å². The lowest BCUT2D eigenvalue weighted by Gasteiger charge is -2.25. The van der Waals surface area contributed by atoms with Crippen LogP contribution in [0.4, 0.5) is 5.82 Å². The highest BCUT2D eigenvalue weighted by atomic mass is 32.1. The average Bonchev–Trinajstić information content (AvgIpc) is 3.48. The Balaban J connectivity index is 1.31. The lowest BCUT2D eigenvalue weighted by molar-refractivity contribution is 0.0331. The van der Waals surface area contributed by atoms with Gasteiger partial charge in [-0.25, -0.2) is 9.97 Å². The minimum Gasteiger partial charge on any atom is -0.454 e. The Hall–Kier alpha value is -2.42. The molecule has 1 aliphatic carbocycles. The third-order valence-corrected chi connectivity index (χ3v) is 7.16. The average molecular weight is 425 g/mol. The van der Waals surface area contributed by atoms with Gasteiger partial charge in [-0.2, -0.15) is 0 Å². The molecule has 0 radical (unpaired) electrons. The standard InChI is InChI=1S/C22H24N4O3S/c1-2-15-18(3-1)30-22-20(15)21(24-19(25-22)12-26-6-8-27-9-7-26)23-11-14-4-5-16-17(10-14)29-13-28-16/h4-5,10H,1-3,6-9,11-13H2,(H,23,24,25). The van der Waals surface area contributed by atoms with Crippen LogP contribution in [0.25, 0.3) is 10.2 Å². The molecule has 30 heavy (non-hydrogen) atoms. The number of ether oxygens (including phenoxy) is 3. The summed E-state index contributed by atoms with van der Waals surface area (Å²) in [6.07, 6.45) is 3.52. The predicted octanol–water partition coefficient (Wildman–Crippen LogP) is 3.35. The quantitative estimate of drug-likeness (QED) is 0.674. The van der Waals surface area contributed by atoms with Gasteiger partial charge in [0.05, 0.1) is 25.1 Å². The minimum atomic E-state index is 0.296. The van der Waals surface area contributed by atoms with Crippen LogP contribution in [-0.4, -0.2) is 48.0 Å². The van der Waals surface area contributed by atoms with Crippen LogP contribution in [0, 0.1) is 0 Å². The molecule has 3 aliphatic rings. The van der Waals surface area contributed by atoms with Gasteiger partial charge in [-0.05, 0) is 42.5 Å². The van der Waals surface area contributed by atoms with Crippen LogP contribution in [0.5, 0.6) is 11.5 Å². The van der Waals surface area contributed by atoms with Crippen molar-refractivity contribution in [1.29, 1.82) is 0 Å². The van der Waals surface area contributed by atoms with Crippen molar-refractivity contribution in [2.24, 2.45) is 0 Å². The fourth-order valence-electron chi connectivity index (χ4n) is 4.43. The second-order valence-corrected chi connectivity index (χ2v) is 9.04. The number of aryl methyl sites for hydroxylation is 2. The molecule has 2 aliphatic heterocycles. The Kier molecular flexibility index (Phi) is 4.70. The molecule has 8 heteroatoms. The smallest absolute Gasteiger partial charge is 0.231 e. The summed E-state index contributed by atoms with van der Waals surface area (Å²) in [6.45, 7) is 5.18. The van der Waals surface area contributed by atoms with Crippen LogP contribution in [0.15, 0.2) is 18.2 Å². The number of morpholine rings is 1. The van der Waals surface area contributed by atoms with E-state index in [9.17, 15) is 0 Å². The molecule has 1 N–H and O–H groups in total. The van der Waals surface area contributed by atoms with E-state index in [1.54, 1.807) is 0 Å². The number of fused-ring (bicyclic) bond motifs is 4. The largest absolute Gasteiger partial charge is 0.454 e. The van der Waals surface area contributed by atoms with E-state index < -0.39 is 0 Å². The third kappa shape index (κ3) is 3.38. The number of aromatic nitrogens is 2. The van der Waals surface area contributed by atoms with Crippen molar-refractivity contribution in [3.63, 3.8) is 0 Å². The second kappa shape index (κ2) is 7.68. The van der Waals surface area contributed by atoms with Crippen molar-refractivity contribution in [1.82, 2.24) is 14.9 Å². The topological polar surface area (TPSA) is 68.7 Å². The number of nitrogens with one attached hydrogen (secondary N) is 1. The molecule has 6 rings (SSSR count). The molecule has 1 saturated heterocycles. The van der Waals surface area contributed by atoms with E-state index in [1.807, 2.05) is 23.5 Å². The monoisotopic (exact) mass is 424 g/mol. The molecule has 0 atom stereocenters. The van der Waals surface area contributed by atoms with Crippen LogP contribution in [0.2, 0.25) is 0 Å². The molecule has 0 bridgehead atoms. The van der Waals surface area contributed by atoms with Crippen LogP contribution < -0.4 is 14.8 Å². The van der Waals surface area contributed by atoms with Gasteiger partial charge >= 0.3 is 0 Å². The lowest BCUT2D eigenvalue weighted by Crippen LogP contribution is -2.36. The Morgan fingerprint density at radius 2 is 1.97 bits per heavy atom. The molecule has 1 fully saturated rings.